The summed E-state index contributed by atoms with van der Waals surface area (Å²) < 4.78 is 0. The van der Waals surface area contributed by atoms with Crippen LogP contribution in [0.15, 0.2) is 54.6 Å². The molecule has 28 heavy (non-hydrogen) atoms. The summed E-state index contributed by atoms with van der Waals surface area (Å²) in [7, 11) is 0. The zero-order chi connectivity index (χ0) is 19.5. The maximum atomic E-state index is 12.7. The minimum Gasteiger partial charge on any atom is -0.349 e. The number of anilines is 1. The number of hydrogen-bond donors (Lipinski definition) is 2. The van der Waals surface area contributed by atoms with Gasteiger partial charge < -0.3 is 15.5 Å². The largest absolute Gasteiger partial charge is 0.349 e. The predicted molar refractivity (Wildman–Crippen MR) is 118 cm³/mol. The lowest BCUT2D eigenvalue weighted by atomic mass is 9.82. The van der Waals surface area contributed by atoms with Crippen LogP contribution in [0.25, 0.3) is 0 Å². The molecule has 4 nitrogen and oxygen atoms in total. The normalized spacial score (nSPS) is 23.8. The van der Waals surface area contributed by atoms with E-state index < -0.39 is 0 Å². The Labute approximate surface area is 172 Å². The maximum absolute atomic E-state index is 12.7. The molecule has 2 aromatic rings. The summed E-state index contributed by atoms with van der Waals surface area (Å²) in [4.78, 5) is 15.1. The van der Waals surface area contributed by atoms with Gasteiger partial charge >= 0.3 is 0 Å². The number of aryl methyl sites for hydroxylation is 1. The van der Waals surface area contributed by atoms with E-state index in [9.17, 15) is 4.79 Å². The van der Waals surface area contributed by atoms with E-state index in [2.05, 4.69) is 15.5 Å². The van der Waals surface area contributed by atoms with E-state index in [1.165, 1.54) is 6.42 Å². The SMILES string of the molecule is Cc1cccc(C(=O)NC2C[C@H]3CCC[C@@H](C2)N3C(=S)Nc2ccccc2)c1. The number of thiocarbonyl (C=S) groups is 1. The molecule has 0 spiro atoms. The van der Waals surface area contributed by atoms with Gasteiger partial charge in [0.25, 0.3) is 5.91 Å². The molecule has 4 rings (SSSR count). The van der Waals surface area contributed by atoms with Crippen LogP contribution in [0.4, 0.5) is 5.69 Å². The number of piperidine rings is 2. The van der Waals surface area contributed by atoms with Crippen molar-refractivity contribution in [1.29, 1.82) is 0 Å². The average Bonchev–Trinajstić information content (AvgIpc) is 2.68. The molecule has 2 aliphatic heterocycles. The third-order valence-electron chi connectivity index (χ3n) is 5.85. The second-order valence-corrected chi connectivity index (χ2v) is 8.34. The fourth-order valence-electron chi connectivity index (χ4n) is 4.60. The molecule has 2 saturated heterocycles. The molecule has 2 aliphatic rings. The molecule has 0 radical (unpaired) electrons. The van der Waals surface area contributed by atoms with Gasteiger partial charge in [-0.3, -0.25) is 4.79 Å². The molecule has 0 aliphatic carbocycles. The van der Waals surface area contributed by atoms with E-state index in [1.54, 1.807) is 0 Å². The van der Waals surface area contributed by atoms with Crippen molar-refractivity contribution in [2.45, 2.75) is 57.2 Å². The van der Waals surface area contributed by atoms with Crippen LogP contribution in [-0.4, -0.2) is 34.0 Å². The van der Waals surface area contributed by atoms with Gasteiger partial charge in [-0.25, -0.2) is 0 Å². The molecule has 0 saturated carbocycles. The second-order valence-electron chi connectivity index (χ2n) is 7.95. The van der Waals surface area contributed by atoms with Crippen molar-refractivity contribution >= 4 is 28.9 Å². The summed E-state index contributed by atoms with van der Waals surface area (Å²) in [5.74, 6) is 0.0326. The quantitative estimate of drug-likeness (QED) is 0.753. The van der Waals surface area contributed by atoms with Gasteiger partial charge in [0.1, 0.15) is 0 Å². The van der Waals surface area contributed by atoms with Crippen molar-refractivity contribution < 1.29 is 4.79 Å². The van der Waals surface area contributed by atoms with Crippen molar-refractivity contribution in [3.63, 3.8) is 0 Å². The Morgan fingerprint density at radius 1 is 1.04 bits per heavy atom. The highest BCUT2D eigenvalue weighted by Gasteiger charge is 2.40. The summed E-state index contributed by atoms with van der Waals surface area (Å²) in [6.45, 7) is 2.01. The van der Waals surface area contributed by atoms with Crippen LogP contribution < -0.4 is 10.6 Å². The number of benzene rings is 2. The van der Waals surface area contributed by atoms with Gasteiger partial charge in [-0.2, -0.15) is 0 Å². The lowest BCUT2D eigenvalue weighted by Crippen LogP contribution is -2.59. The number of carbonyl (C=O) groups is 1. The van der Waals surface area contributed by atoms with Gasteiger partial charge in [0.05, 0.1) is 0 Å². The van der Waals surface area contributed by atoms with Crippen molar-refractivity contribution in [3.05, 3.63) is 65.7 Å². The first-order chi connectivity index (χ1) is 13.6. The van der Waals surface area contributed by atoms with E-state index >= 15 is 0 Å². The van der Waals surface area contributed by atoms with Gasteiger partial charge in [-0.15, -0.1) is 0 Å². The third-order valence-corrected chi connectivity index (χ3v) is 6.16. The summed E-state index contributed by atoms with van der Waals surface area (Å²) in [5, 5.41) is 7.48. The Morgan fingerprint density at radius 3 is 2.43 bits per heavy atom. The van der Waals surface area contributed by atoms with Gasteiger partial charge in [-0.05, 0) is 75.5 Å². The molecule has 1 amide bonds. The van der Waals surface area contributed by atoms with Gasteiger partial charge in [0.15, 0.2) is 5.11 Å². The van der Waals surface area contributed by atoms with Gasteiger partial charge in [0, 0.05) is 29.4 Å². The number of carbonyl (C=O) groups excluding carboxylic acids is 1. The molecule has 2 aromatic carbocycles. The Morgan fingerprint density at radius 2 is 1.75 bits per heavy atom. The van der Waals surface area contributed by atoms with E-state index in [-0.39, 0.29) is 11.9 Å². The maximum Gasteiger partial charge on any atom is 0.251 e. The molecular formula is C23H27N3OS. The fraction of sp³-hybridized carbons (Fsp3) is 0.391. The zero-order valence-electron chi connectivity index (χ0n) is 16.2. The number of amides is 1. The average molecular weight is 394 g/mol. The molecule has 5 heteroatoms. The number of nitrogens with one attached hydrogen (secondary N) is 2. The molecule has 146 valence electrons. The Kier molecular flexibility index (Phi) is 5.62. The molecule has 2 bridgehead atoms. The lowest BCUT2D eigenvalue weighted by Gasteiger charge is -2.50. The number of nitrogens with zero attached hydrogens (tertiary/aromatic N) is 1. The zero-order valence-corrected chi connectivity index (χ0v) is 17.0. The summed E-state index contributed by atoms with van der Waals surface area (Å²) >= 11 is 5.76. The van der Waals surface area contributed by atoms with Crippen LogP contribution in [0.1, 0.15) is 48.0 Å². The number of rotatable bonds is 3. The van der Waals surface area contributed by atoms with E-state index in [0.717, 1.165) is 47.6 Å². The van der Waals surface area contributed by atoms with E-state index in [1.807, 2.05) is 61.5 Å². The van der Waals surface area contributed by atoms with Gasteiger partial charge in [-0.1, -0.05) is 35.9 Å². The van der Waals surface area contributed by atoms with Crippen LogP contribution in [0.3, 0.4) is 0 Å². The van der Waals surface area contributed by atoms with Crippen molar-refractivity contribution in [2.75, 3.05) is 5.32 Å². The molecule has 0 aromatic heterocycles. The summed E-state index contributed by atoms with van der Waals surface area (Å²) in [6, 6.07) is 18.9. The Balaban J connectivity index is 1.42. The number of hydrogen-bond acceptors (Lipinski definition) is 2. The highest BCUT2D eigenvalue weighted by atomic mass is 32.1. The molecule has 2 heterocycles. The molecule has 3 atom stereocenters. The van der Waals surface area contributed by atoms with Crippen LogP contribution in [0.5, 0.6) is 0 Å². The second kappa shape index (κ2) is 8.31. The molecule has 2 N–H and O–H groups in total. The van der Waals surface area contributed by atoms with Crippen LogP contribution in [0, 0.1) is 6.92 Å². The first kappa shape index (κ1) is 18.9. The smallest absolute Gasteiger partial charge is 0.251 e. The number of fused-ring (bicyclic) bond motifs is 2. The first-order valence-corrected chi connectivity index (χ1v) is 10.5. The number of para-hydroxylation sites is 1. The van der Waals surface area contributed by atoms with Crippen molar-refractivity contribution in [2.24, 2.45) is 0 Å². The minimum absolute atomic E-state index is 0.0326. The van der Waals surface area contributed by atoms with Crippen LogP contribution >= 0.6 is 12.2 Å². The van der Waals surface area contributed by atoms with Crippen LogP contribution in [-0.2, 0) is 0 Å². The minimum atomic E-state index is 0.0326. The topological polar surface area (TPSA) is 44.4 Å². The first-order valence-electron chi connectivity index (χ1n) is 10.1. The molecule has 2 fully saturated rings. The third kappa shape index (κ3) is 4.20. The van der Waals surface area contributed by atoms with Crippen molar-refractivity contribution in [1.82, 2.24) is 10.2 Å². The summed E-state index contributed by atoms with van der Waals surface area (Å²) in [6.07, 6.45) is 5.39. The lowest BCUT2D eigenvalue weighted by molar-refractivity contribution is 0.0755. The van der Waals surface area contributed by atoms with E-state index in [4.69, 9.17) is 12.2 Å². The molecule has 1 unspecified atom stereocenters. The fourth-order valence-corrected chi connectivity index (χ4v) is 5.01. The predicted octanol–water partition coefficient (Wildman–Crippen LogP) is 4.51. The Hall–Kier alpha value is -2.40. The highest BCUT2D eigenvalue weighted by molar-refractivity contribution is 7.80. The monoisotopic (exact) mass is 393 g/mol. The van der Waals surface area contributed by atoms with E-state index in [0.29, 0.717) is 12.1 Å². The van der Waals surface area contributed by atoms with Crippen LogP contribution in [0.2, 0.25) is 0 Å². The highest BCUT2D eigenvalue weighted by Crippen LogP contribution is 2.34. The Bertz CT molecular complexity index is 840. The van der Waals surface area contributed by atoms with Crippen molar-refractivity contribution in [3.8, 4) is 0 Å². The standard InChI is InChI=1S/C23H27N3OS/c1-16-7-5-8-17(13-16)22(27)24-19-14-20-11-6-12-21(15-19)26(20)23(28)25-18-9-3-2-4-10-18/h2-5,7-10,13,19-21H,6,11-12,14-15H2,1H3,(H,24,27)(H,25,28)/t19?,20-,21+. The van der Waals surface area contributed by atoms with Gasteiger partial charge in [0.2, 0.25) is 0 Å². The summed E-state index contributed by atoms with van der Waals surface area (Å²) in [5.41, 5.74) is 2.88. The molecular weight excluding hydrogens is 366 g/mol.